The fourth-order valence-corrected chi connectivity index (χ4v) is 1.21. The van der Waals surface area contributed by atoms with E-state index in [9.17, 15) is 10.2 Å². The maximum absolute atomic E-state index is 9.67. The largest absolute Gasteiger partial charge is 0.495 e. The van der Waals surface area contributed by atoms with E-state index in [1.807, 2.05) is 0 Å². The Balaban J connectivity index is 2.69. The van der Waals surface area contributed by atoms with Gasteiger partial charge in [0.1, 0.15) is 11.9 Å². The van der Waals surface area contributed by atoms with Gasteiger partial charge in [0, 0.05) is 0 Å². The molecule has 0 spiro atoms. The standard InChI is InChI=1S/C10H16N2O3/c1-15-7-2-3-8(12-6-7)10(14)9(13)4-5-11/h2-3,6,9-10,13-14H,4-5,11H2,1H3. The molecule has 5 heteroatoms. The minimum atomic E-state index is -1.00. The number of nitrogens with two attached hydrogens (primary N) is 1. The molecule has 0 aromatic carbocycles. The van der Waals surface area contributed by atoms with E-state index in [-0.39, 0.29) is 0 Å². The number of hydrogen-bond donors (Lipinski definition) is 3. The second kappa shape index (κ2) is 5.65. The Morgan fingerprint density at radius 2 is 2.20 bits per heavy atom. The number of methoxy groups -OCH3 is 1. The lowest BCUT2D eigenvalue weighted by Crippen LogP contribution is -2.22. The number of hydrogen-bond acceptors (Lipinski definition) is 5. The highest BCUT2D eigenvalue weighted by molar-refractivity contribution is 5.21. The van der Waals surface area contributed by atoms with Crippen molar-refractivity contribution in [3.8, 4) is 5.75 Å². The van der Waals surface area contributed by atoms with E-state index in [0.717, 1.165) is 0 Å². The zero-order chi connectivity index (χ0) is 11.3. The minimum absolute atomic E-state index is 0.328. The predicted molar refractivity (Wildman–Crippen MR) is 55.4 cm³/mol. The molecule has 1 rings (SSSR count). The molecule has 15 heavy (non-hydrogen) atoms. The summed E-state index contributed by atoms with van der Waals surface area (Å²) >= 11 is 0. The lowest BCUT2D eigenvalue weighted by molar-refractivity contribution is 0.0124. The van der Waals surface area contributed by atoms with Crippen molar-refractivity contribution >= 4 is 0 Å². The normalized spacial score (nSPS) is 14.7. The first-order valence-electron chi connectivity index (χ1n) is 4.75. The zero-order valence-electron chi connectivity index (χ0n) is 8.63. The SMILES string of the molecule is COc1ccc(C(O)C(O)CCN)nc1. The summed E-state index contributed by atoms with van der Waals surface area (Å²) in [7, 11) is 1.54. The molecule has 4 N–H and O–H groups in total. The molecule has 1 aromatic heterocycles. The van der Waals surface area contributed by atoms with Gasteiger partial charge in [0.05, 0.1) is 25.1 Å². The molecular weight excluding hydrogens is 196 g/mol. The quantitative estimate of drug-likeness (QED) is 0.630. The van der Waals surface area contributed by atoms with Gasteiger partial charge < -0.3 is 20.7 Å². The maximum atomic E-state index is 9.67. The van der Waals surface area contributed by atoms with Gasteiger partial charge in [0.2, 0.25) is 0 Å². The molecule has 2 atom stereocenters. The highest BCUT2D eigenvalue weighted by Gasteiger charge is 2.18. The first-order chi connectivity index (χ1) is 7.19. The lowest BCUT2D eigenvalue weighted by atomic mass is 10.1. The van der Waals surface area contributed by atoms with Gasteiger partial charge >= 0.3 is 0 Å². The van der Waals surface area contributed by atoms with Crippen molar-refractivity contribution in [2.75, 3.05) is 13.7 Å². The number of ether oxygens (including phenoxy) is 1. The highest BCUT2D eigenvalue weighted by Crippen LogP contribution is 2.18. The third-order valence-corrected chi connectivity index (χ3v) is 2.12. The molecule has 84 valence electrons. The maximum Gasteiger partial charge on any atom is 0.137 e. The van der Waals surface area contributed by atoms with E-state index in [4.69, 9.17) is 10.5 Å². The summed E-state index contributed by atoms with van der Waals surface area (Å²) in [5.74, 6) is 0.610. The number of aromatic nitrogens is 1. The van der Waals surface area contributed by atoms with Crippen LogP contribution in [0.1, 0.15) is 18.2 Å². The van der Waals surface area contributed by atoms with Gasteiger partial charge in [-0.2, -0.15) is 0 Å². The van der Waals surface area contributed by atoms with E-state index in [1.165, 1.54) is 13.3 Å². The molecular formula is C10H16N2O3. The number of rotatable bonds is 5. The molecule has 0 fully saturated rings. The number of nitrogens with zero attached hydrogens (tertiary/aromatic N) is 1. The lowest BCUT2D eigenvalue weighted by Gasteiger charge is -2.16. The van der Waals surface area contributed by atoms with Crippen LogP contribution >= 0.6 is 0 Å². The van der Waals surface area contributed by atoms with E-state index in [2.05, 4.69) is 4.98 Å². The topological polar surface area (TPSA) is 88.6 Å². The first kappa shape index (κ1) is 11.9. The first-order valence-corrected chi connectivity index (χ1v) is 4.75. The highest BCUT2D eigenvalue weighted by atomic mass is 16.5. The van der Waals surface area contributed by atoms with Crippen molar-refractivity contribution in [1.29, 1.82) is 0 Å². The smallest absolute Gasteiger partial charge is 0.137 e. The molecule has 2 unspecified atom stereocenters. The summed E-state index contributed by atoms with van der Waals surface area (Å²) in [5.41, 5.74) is 5.69. The van der Waals surface area contributed by atoms with Gasteiger partial charge in [-0.1, -0.05) is 0 Å². The Kier molecular flexibility index (Phi) is 4.48. The van der Waals surface area contributed by atoms with Crippen molar-refractivity contribution in [3.63, 3.8) is 0 Å². The fourth-order valence-electron chi connectivity index (χ4n) is 1.21. The second-order valence-electron chi connectivity index (χ2n) is 3.21. The van der Waals surface area contributed by atoms with Gasteiger partial charge in [-0.15, -0.1) is 0 Å². The summed E-state index contributed by atoms with van der Waals surface area (Å²) < 4.78 is 4.93. The van der Waals surface area contributed by atoms with Crippen LogP contribution in [0.15, 0.2) is 18.3 Å². The Bertz CT molecular complexity index is 289. The summed E-state index contributed by atoms with van der Waals surface area (Å²) in [5, 5.41) is 19.2. The van der Waals surface area contributed by atoms with Crippen molar-refractivity contribution < 1.29 is 14.9 Å². The number of pyridine rings is 1. The van der Waals surface area contributed by atoms with Gasteiger partial charge in [-0.05, 0) is 25.1 Å². The van der Waals surface area contributed by atoms with Crippen LogP contribution in [-0.2, 0) is 0 Å². The van der Waals surface area contributed by atoms with E-state index >= 15 is 0 Å². The second-order valence-corrected chi connectivity index (χ2v) is 3.21. The Morgan fingerprint density at radius 3 is 2.67 bits per heavy atom. The number of aliphatic hydroxyl groups is 2. The van der Waals surface area contributed by atoms with Crippen LogP contribution in [0.2, 0.25) is 0 Å². The summed E-state index contributed by atoms with van der Waals surface area (Å²) in [4.78, 5) is 3.98. The van der Waals surface area contributed by atoms with Crippen LogP contribution in [0.5, 0.6) is 5.75 Å². The molecule has 0 amide bonds. The van der Waals surface area contributed by atoms with Crippen LogP contribution in [-0.4, -0.2) is 35.0 Å². The summed E-state index contributed by atoms with van der Waals surface area (Å²) in [6, 6.07) is 3.30. The van der Waals surface area contributed by atoms with Gasteiger partial charge in [-0.3, -0.25) is 4.98 Å². The fraction of sp³-hybridized carbons (Fsp3) is 0.500. The molecule has 0 radical (unpaired) electrons. The van der Waals surface area contributed by atoms with Crippen LogP contribution in [0.25, 0.3) is 0 Å². The third-order valence-electron chi connectivity index (χ3n) is 2.12. The molecule has 0 saturated heterocycles. The Hall–Kier alpha value is -1.17. The number of aliphatic hydroxyl groups excluding tert-OH is 2. The van der Waals surface area contributed by atoms with Gasteiger partial charge in [0.15, 0.2) is 0 Å². The average Bonchev–Trinajstić information content (AvgIpc) is 2.28. The summed E-state index contributed by atoms with van der Waals surface area (Å²) in [6.45, 7) is 0.328. The molecule has 1 aromatic rings. The molecule has 0 bridgehead atoms. The zero-order valence-corrected chi connectivity index (χ0v) is 8.63. The van der Waals surface area contributed by atoms with E-state index in [1.54, 1.807) is 12.1 Å². The van der Waals surface area contributed by atoms with Gasteiger partial charge in [-0.25, -0.2) is 0 Å². The van der Waals surface area contributed by atoms with Crippen LogP contribution in [0.4, 0.5) is 0 Å². The van der Waals surface area contributed by atoms with Crippen molar-refractivity contribution in [3.05, 3.63) is 24.0 Å². The van der Waals surface area contributed by atoms with Crippen molar-refractivity contribution in [2.45, 2.75) is 18.6 Å². The Labute approximate surface area is 88.5 Å². The third kappa shape index (κ3) is 3.16. The molecule has 0 aliphatic carbocycles. The van der Waals surface area contributed by atoms with E-state index in [0.29, 0.717) is 24.4 Å². The van der Waals surface area contributed by atoms with Crippen molar-refractivity contribution in [1.82, 2.24) is 4.98 Å². The minimum Gasteiger partial charge on any atom is -0.495 e. The molecule has 0 aliphatic heterocycles. The molecule has 5 nitrogen and oxygen atoms in total. The van der Waals surface area contributed by atoms with E-state index < -0.39 is 12.2 Å². The molecule has 1 heterocycles. The van der Waals surface area contributed by atoms with Crippen LogP contribution < -0.4 is 10.5 Å². The van der Waals surface area contributed by atoms with Crippen LogP contribution in [0.3, 0.4) is 0 Å². The van der Waals surface area contributed by atoms with Gasteiger partial charge in [0.25, 0.3) is 0 Å². The predicted octanol–water partition coefficient (Wildman–Crippen LogP) is -0.167. The Morgan fingerprint density at radius 1 is 1.47 bits per heavy atom. The van der Waals surface area contributed by atoms with Crippen LogP contribution in [0, 0.1) is 0 Å². The summed E-state index contributed by atoms with van der Waals surface area (Å²) in [6.07, 6.45) is -0.0434. The van der Waals surface area contributed by atoms with Crippen molar-refractivity contribution in [2.24, 2.45) is 5.73 Å². The molecule has 0 aliphatic rings. The monoisotopic (exact) mass is 212 g/mol. The average molecular weight is 212 g/mol. The molecule has 0 saturated carbocycles.